The highest BCUT2D eigenvalue weighted by molar-refractivity contribution is 7.08. The van der Waals surface area contributed by atoms with Gasteiger partial charge >= 0.3 is 0 Å². The lowest BCUT2D eigenvalue weighted by molar-refractivity contribution is 0.702. The van der Waals surface area contributed by atoms with Crippen LogP contribution in [0.2, 0.25) is 0 Å². The van der Waals surface area contributed by atoms with Crippen molar-refractivity contribution in [3.05, 3.63) is 21.9 Å². The summed E-state index contributed by atoms with van der Waals surface area (Å²) in [6.45, 7) is 6.84. The second kappa shape index (κ2) is 5.72. The molecule has 0 saturated carbocycles. The van der Waals surface area contributed by atoms with Gasteiger partial charge in [0.25, 0.3) is 0 Å². The van der Waals surface area contributed by atoms with Crippen LogP contribution in [-0.4, -0.2) is 12.0 Å². The van der Waals surface area contributed by atoms with E-state index in [1.54, 1.807) is 11.3 Å². The molecule has 0 radical (unpaired) electrons. The lowest BCUT2D eigenvalue weighted by Gasteiger charge is -2.11. The maximum absolute atomic E-state index is 5.36. The molecule has 0 bridgehead atoms. The van der Waals surface area contributed by atoms with E-state index in [9.17, 15) is 0 Å². The van der Waals surface area contributed by atoms with E-state index in [2.05, 4.69) is 33.4 Å². The predicted octanol–water partition coefficient (Wildman–Crippen LogP) is 1.37. The van der Waals surface area contributed by atoms with Crippen LogP contribution in [0, 0.1) is 6.92 Å². The Labute approximate surface area is 94.6 Å². The van der Waals surface area contributed by atoms with Crippen molar-refractivity contribution in [3.8, 4) is 0 Å². The van der Waals surface area contributed by atoms with Gasteiger partial charge in [0, 0.05) is 6.04 Å². The molecule has 1 rings (SSSR count). The van der Waals surface area contributed by atoms with Gasteiger partial charge in [-0.3, -0.25) is 5.43 Å². The normalized spacial score (nSPS) is 11.9. The monoisotopic (exact) mass is 226 g/mol. The fourth-order valence-electron chi connectivity index (χ4n) is 1.12. The van der Waals surface area contributed by atoms with Crippen LogP contribution in [0.4, 0.5) is 0 Å². The maximum atomic E-state index is 5.36. The molecule has 0 spiro atoms. The largest absolute Gasteiger partial charge is 0.353 e. The number of guanidine groups is 1. The summed E-state index contributed by atoms with van der Waals surface area (Å²) in [5, 5.41) is 7.36. The molecule has 0 aromatic carbocycles. The number of aliphatic imine (C=N–C) groups is 1. The third kappa shape index (κ3) is 3.89. The van der Waals surface area contributed by atoms with Crippen molar-refractivity contribution in [2.75, 3.05) is 0 Å². The van der Waals surface area contributed by atoms with Crippen molar-refractivity contribution < 1.29 is 0 Å². The number of hydrogen-bond acceptors (Lipinski definition) is 3. The molecule has 4 nitrogen and oxygen atoms in total. The summed E-state index contributed by atoms with van der Waals surface area (Å²) < 4.78 is 0. The van der Waals surface area contributed by atoms with Crippen LogP contribution in [0.15, 0.2) is 15.8 Å². The molecule has 1 heterocycles. The molecule has 0 atom stereocenters. The van der Waals surface area contributed by atoms with Gasteiger partial charge in [-0.25, -0.2) is 10.8 Å². The Balaban J connectivity index is 2.58. The van der Waals surface area contributed by atoms with Gasteiger partial charge in [0.15, 0.2) is 0 Å². The number of nitrogens with zero attached hydrogens (tertiary/aromatic N) is 1. The summed E-state index contributed by atoms with van der Waals surface area (Å²) in [7, 11) is 0. The number of nitrogens with one attached hydrogen (secondary N) is 2. The van der Waals surface area contributed by atoms with Crippen LogP contribution < -0.4 is 16.6 Å². The summed E-state index contributed by atoms with van der Waals surface area (Å²) in [4.78, 5) is 4.36. The second-order valence-electron chi connectivity index (χ2n) is 3.69. The Morgan fingerprint density at radius 3 is 2.73 bits per heavy atom. The fraction of sp³-hybridized carbons (Fsp3) is 0.500. The lowest BCUT2D eigenvalue weighted by atomic mass is 10.2. The van der Waals surface area contributed by atoms with E-state index < -0.39 is 0 Å². The molecule has 15 heavy (non-hydrogen) atoms. The highest BCUT2D eigenvalue weighted by Gasteiger charge is 2.00. The zero-order chi connectivity index (χ0) is 11.3. The Hall–Kier alpha value is -1.07. The molecule has 84 valence electrons. The van der Waals surface area contributed by atoms with E-state index in [0.717, 1.165) is 0 Å². The van der Waals surface area contributed by atoms with Gasteiger partial charge in [-0.15, -0.1) is 0 Å². The molecular weight excluding hydrogens is 208 g/mol. The minimum Gasteiger partial charge on any atom is -0.353 e. The first kappa shape index (κ1) is 12.0. The van der Waals surface area contributed by atoms with Gasteiger partial charge in [0.1, 0.15) is 0 Å². The second-order valence-corrected chi connectivity index (χ2v) is 4.43. The quantitative estimate of drug-likeness (QED) is 0.316. The van der Waals surface area contributed by atoms with Gasteiger partial charge in [-0.1, -0.05) is 0 Å². The molecule has 4 N–H and O–H groups in total. The van der Waals surface area contributed by atoms with Crippen molar-refractivity contribution in [2.24, 2.45) is 10.8 Å². The first-order chi connectivity index (χ1) is 7.13. The summed E-state index contributed by atoms with van der Waals surface area (Å²) >= 11 is 1.70. The third-order valence-corrected chi connectivity index (χ3v) is 2.84. The van der Waals surface area contributed by atoms with Gasteiger partial charge in [0.05, 0.1) is 6.54 Å². The van der Waals surface area contributed by atoms with Crippen molar-refractivity contribution in [1.29, 1.82) is 0 Å². The van der Waals surface area contributed by atoms with E-state index in [4.69, 9.17) is 5.84 Å². The molecule has 0 aliphatic carbocycles. The molecular formula is C10H18N4S. The fourth-order valence-corrected chi connectivity index (χ4v) is 1.97. The van der Waals surface area contributed by atoms with E-state index in [1.807, 2.05) is 13.8 Å². The standard InChI is InChI=1S/C10H18N4S/c1-7(2)13-10(14-11)12-4-9-6-15-5-8(9)3/h5-7H,4,11H2,1-3H3,(H2,12,13,14). The summed E-state index contributed by atoms with van der Waals surface area (Å²) in [5.41, 5.74) is 5.09. The van der Waals surface area contributed by atoms with Crippen molar-refractivity contribution in [2.45, 2.75) is 33.4 Å². The number of rotatable bonds is 3. The number of aryl methyl sites for hydroxylation is 1. The SMILES string of the molecule is Cc1cscc1CN=C(NN)NC(C)C. The number of thiophene rings is 1. The van der Waals surface area contributed by atoms with Crippen molar-refractivity contribution >= 4 is 17.3 Å². The van der Waals surface area contributed by atoms with Crippen LogP contribution >= 0.6 is 11.3 Å². The first-order valence-corrected chi connectivity index (χ1v) is 5.87. The molecule has 5 heteroatoms. The Bertz CT molecular complexity index is 330. The summed E-state index contributed by atoms with van der Waals surface area (Å²) in [6, 6.07) is 0.323. The zero-order valence-electron chi connectivity index (χ0n) is 9.37. The van der Waals surface area contributed by atoms with Gasteiger partial charge in [-0.2, -0.15) is 11.3 Å². The van der Waals surface area contributed by atoms with E-state index in [-0.39, 0.29) is 0 Å². The molecule has 0 saturated heterocycles. The minimum absolute atomic E-state index is 0.323. The summed E-state index contributed by atoms with van der Waals surface area (Å²) in [5.74, 6) is 5.99. The molecule has 0 unspecified atom stereocenters. The van der Waals surface area contributed by atoms with E-state index in [1.165, 1.54) is 11.1 Å². The van der Waals surface area contributed by atoms with Crippen LogP contribution in [0.1, 0.15) is 25.0 Å². The van der Waals surface area contributed by atoms with Crippen LogP contribution in [0.5, 0.6) is 0 Å². The highest BCUT2D eigenvalue weighted by Crippen LogP contribution is 2.14. The molecule has 0 aliphatic rings. The Morgan fingerprint density at radius 2 is 2.27 bits per heavy atom. The van der Waals surface area contributed by atoms with Crippen molar-refractivity contribution in [1.82, 2.24) is 10.7 Å². The predicted molar refractivity (Wildman–Crippen MR) is 65.8 cm³/mol. The number of nitrogens with two attached hydrogens (primary N) is 1. The number of hydrogen-bond donors (Lipinski definition) is 3. The zero-order valence-corrected chi connectivity index (χ0v) is 10.2. The minimum atomic E-state index is 0.323. The Kier molecular flexibility index (Phi) is 4.58. The van der Waals surface area contributed by atoms with Crippen molar-refractivity contribution in [3.63, 3.8) is 0 Å². The lowest BCUT2D eigenvalue weighted by Crippen LogP contribution is -2.44. The van der Waals surface area contributed by atoms with Crippen LogP contribution in [0.3, 0.4) is 0 Å². The summed E-state index contributed by atoms with van der Waals surface area (Å²) in [6.07, 6.45) is 0. The molecule has 0 amide bonds. The first-order valence-electron chi connectivity index (χ1n) is 4.92. The smallest absolute Gasteiger partial charge is 0.206 e. The number of hydrazine groups is 1. The van der Waals surface area contributed by atoms with Gasteiger partial charge < -0.3 is 5.32 Å². The molecule has 1 aromatic heterocycles. The highest BCUT2D eigenvalue weighted by atomic mass is 32.1. The third-order valence-electron chi connectivity index (χ3n) is 1.93. The maximum Gasteiger partial charge on any atom is 0.206 e. The molecule has 0 fully saturated rings. The average molecular weight is 226 g/mol. The Morgan fingerprint density at radius 1 is 1.53 bits per heavy atom. The molecule has 0 aliphatic heterocycles. The van der Waals surface area contributed by atoms with E-state index in [0.29, 0.717) is 18.5 Å². The van der Waals surface area contributed by atoms with Gasteiger partial charge in [-0.05, 0) is 42.7 Å². The van der Waals surface area contributed by atoms with Gasteiger partial charge in [0.2, 0.25) is 5.96 Å². The van der Waals surface area contributed by atoms with Crippen LogP contribution in [0.25, 0.3) is 0 Å². The topological polar surface area (TPSA) is 62.4 Å². The van der Waals surface area contributed by atoms with E-state index >= 15 is 0 Å². The average Bonchev–Trinajstić information content (AvgIpc) is 2.58. The molecule has 1 aromatic rings. The van der Waals surface area contributed by atoms with Crippen LogP contribution in [-0.2, 0) is 6.54 Å².